The van der Waals surface area contributed by atoms with Gasteiger partial charge in [0.15, 0.2) is 5.17 Å². The summed E-state index contributed by atoms with van der Waals surface area (Å²) in [6.45, 7) is 2.45. The molecule has 1 fully saturated rings. The van der Waals surface area contributed by atoms with Crippen molar-refractivity contribution in [2.45, 2.75) is 13.5 Å². The Balaban J connectivity index is 1.47. The zero-order chi connectivity index (χ0) is 24.1. The number of carbonyl (C=O) groups is 2. The van der Waals surface area contributed by atoms with Crippen LogP contribution in [0.25, 0.3) is 6.08 Å². The number of carbonyl (C=O) groups excluding carboxylic acids is 1. The van der Waals surface area contributed by atoms with Gasteiger partial charge in [0.05, 0.1) is 16.2 Å². The van der Waals surface area contributed by atoms with Gasteiger partial charge in [-0.05, 0) is 72.8 Å². The highest BCUT2D eigenvalue weighted by Crippen LogP contribution is 2.34. The SMILES string of the molecule is CCN1C(=O)/C(=C/c2ccc(OCc3ccccc3F)cc2)SC1=Nc1ccc(C(=O)O)cc1. The molecular formula is C26H21FN2O4S. The monoisotopic (exact) mass is 476 g/mol. The molecule has 0 bridgehead atoms. The maximum absolute atomic E-state index is 13.7. The fourth-order valence-corrected chi connectivity index (χ4v) is 4.31. The number of aliphatic imine (C=N–C) groups is 1. The average molecular weight is 477 g/mol. The van der Waals surface area contributed by atoms with Crippen LogP contribution in [0.3, 0.4) is 0 Å². The third kappa shape index (κ3) is 5.35. The molecular weight excluding hydrogens is 455 g/mol. The third-order valence-electron chi connectivity index (χ3n) is 5.07. The first-order valence-corrected chi connectivity index (χ1v) is 11.4. The van der Waals surface area contributed by atoms with E-state index in [2.05, 4.69) is 4.99 Å². The molecule has 1 N–H and O–H groups in total. The number of aromatic carboxylic acids is 1. The van der Waals surface area contributed by atoms with Gasteiger partial charge in [0.2, 0.25) is 0 Å². The minimum absolute atomic E-state index is 0.125. The Labute approximate surface area is 200 Å². The molecule has 0 aliphatic carbocycles. The average Bonchev–Trinajstić information content (AvgIpc) is 3.13. The normalized spacial score (nSPS) is 15.8. The van der Waals surface area contributed by atoms with Gasteiger partial charge in [0, 0.05) is 12.1 Å². The number of halogens is 1. The second kappa shape index (κ2) is 10.4. The van der Waals surface area contributed by atoms with Gasteiger partial charge in [-0.2, -0.15) is 0 Å². The van der Waals surface area contributed by atoms with Crippen molar-refractivity contribution >= 4 is 40.6 Å². The molecule has 3 aromatic rings. The number of amides is 1. The van der Waals surface area contributed by atoms with Crippen LogP contribution in [-0.2, 0) is 11.4 Å². The van der Waals surface area contributed by atoms with Crippen LogP contribution in [0.4, 0.5) is 10.1 Å². The van der Waals surface area contributed by atoms with E-state index >= 15 is 0 Å². The second-order valence-corrected chi connectivity index (χ2v) is 8.36. The van der Waals surface area contributed by atoms with Crippen LogP contribution < -0.4 is 4.74 Å². The Kier molecular flexibility index (Phi) is 7.08. The van der Waals surface area contributed by atoms with Gasteiger partial charge in [-0.3, -0.25) is 9.69 Å². The maximum Gasteiger partial charge on any atom is 0.335 e. The van der Waals surface area contributed by atoms with Gasteiger partial charge in [-0.1, -0.05) is 30.3 Å². The highest BCUT2D eigenvalue weighted by atomic mass is 32.2. The predicted molar refractivity (Wildman–Crippen MR) is 131 cm³/mol. The molecule has 0 atom stereocenters. The molecule has 0 spiro atoms. The van der Waals surface area contributed by atoms with Gasteiger partial charge >= 0.3 is 5.97 Å². The number of ether oxygens (including phenoxy) is 1. The lowest BCUT2D eigenvalue weighted by Gasteiger charge is -2.12. The Bertz CT molecular complexity index is 1270. The summed E-state index contributed by atoms with van der Waals surface area (Å²) < 4.78 is 19.4. The lowest BCUT2D eigenvalue weighted by atomic mass is 10.2. The minimum Gasteiger partial charge on any atom is -0.489 e. The van der Waals surface area contributed by atoms with Gasteiger partial charge < -0.3 is 9.84 Å². The van der Waals surface area contributed by atoms with Crippen LogP contribution in [-0.4, -0.2) is 33.6 Å². The Hall–Kier alpha value is -3.91. The fraction of sp³-hybridized carbons (Fsp3) is 0.115. The number of likely N-dealkylation sites (N-methyl/N-ethyl adjacent to an activating group) is 1. The number of hydrogen-bond donors (Lipinski definition) is 1. The molecule has 1 aliphatic rings. The molecule has 6 nitrogen and oxygen atoms in total. The van der Waals surface area contributed by atoms with Crippen LogP contribution in [0.2, 0.25) is 0 Å². The Morgan fingerprint density at radius 2 is 1.79 bits per heavy atom. The highest BCUT2D eigenvalue weighted by Gasteiger charge is 2.32. The van der Waals surface area contributed by atoms with E-state index in [-0.39, 0.29) is 23.9 Å². The van der Waals surface area contributed by atoms with Gasteiger partial charge in [-0.25, -0.2) is 14.2 Å². The number of rotatable bonds is 7. The zero-order valence-electron chi connectivity index (χ0n) is 18.3. The molecule has 0 saturated carbocycles. The van der Waals surface area contributed by atoms with Crippen molar-refractivity contribution in [3.8, 4) is 5.75 Å². The summed E-state index contributed by atoms with van der Waals surface area (Å²) >= 11 is 1.26. The summed E-state index contributed by atoms with van der Waals surface area (Å²) in [5.41, 5.74) is 2.03. The summed E-state index contributed by atoms with van der Waals surface area (Å²) in [6.07, 6.45) is 1.78. The summed E-state index contributed by atoms with van der Waals surface area (Å²) in [6, 6.07) is 19.8. The van der Waals surface area contributed by atoms with Crippen molar-refractivity contribution in [1.82, 2.24) is 4.90 Å². The van der Waals surface area contributed by atoms with Crippen molar-refractivity contribution in [3.05, 3.63) is 100 Å². The number of hydrogen-bond acceptors (Lipinski definition) is 5. The molecule has 172 valence electrons. The minimum atomic E-state index is -1.01. The smallest absolute Gasteiger partial charge is 0.335 e. The molecule has 0 unspecified atom stereocenters. The zero-order valence-corrected chi connectivity index (χ0v) is 19.1. The van der Waals surface area contributed by atoms with Crippen LogP contribution in [0.15, 0.2) is 82.7 Å². The molecule has 1 heterocycles. The number of thioether (sulfide) groups is 1. The first-order chi connectivity index (χ1) is 16.4. The molecule has 1 aliphatic heterocycles. The van der Waals surface area contributed by atoms with Crippen LogP contribution in [0, 0.1) is 5.82 Å². The second-order valence-electron chi connectivity index (χ2n) is 7.36. The topological polar surface area (TPSA) is 79.2 Å². The quantitative estimate of drug-likeness (QED) is 0.441. The number of carboxylic acid groups (broad SMARTS) is 1. The third-order valence-corrected chi connectivity index (χ3v) is 6.08. The van der Waals surface area contributed by atoms with Crippen LogP contribution in [0.5, 0.6) is 5.75 Å². The van der Waals surface area contributed by atoms with Crippen molar-refractivity contribution in [1.29, 1.82) is 0 Å². The van der Waals surface area contributed by atoms with Crippen LogP contribution in [0.1, 0.15) is 28.4 Å². The summed E-state index contributed by atoms with van der Waals surface area (Å²) in [5.74, 6) is -0.864. The highest BCUT2D eigenvalue weighted by molar-refractivity contribution is 8.18. The van der Waals surface area contributed by atoms with E-state index in [0.717, 1.165) is 5.56 Å². The standard InChI is InChI=1S/C26H21FN2O4S/c1-2-29-24(30)23(34-26(29)28-20-11-9-18(10-12-20)25(31)32)15-17-7-13-21(14-8-17)33-16-19-5-3-4-6-22(19)27/h3-15H,2,16H2,1H3,(H,31,32)/b23-15-,28-26?. The predicted octanol–water partition coefficient (Wildman–Crippen LogP) is 5.73. The van der Waals surface area contributed by atoms with E-state index in [1.807, 2.05) is 19.1 Å². The molecule has 34 heavy (non-hydrogen) atoms. The first kappa shape index (κ1) is 23.3. The van der Waals surface area contributed by atoms with E-state index in [4.69, 9.17) is 9.84 Å². The molecule has 1 saturated heterocycles. The molecule has 1 amide bonds. The maximum atomic E-state index is 13.7. The molecule has 4 rings (SSSR count). The van der Waals surface area contributed by atoms with Crippen molar-refractivity contribution in [2.75, 3.05) is 6.54 Å². The molecule has 3 aromatic carbocycles. The van der Waals surface area contributed by atoms with Gasteiger partial charge in [0.1, 0.15) is 18.2 Å². The van der Waals surface area contributed by atoms with Crippen molar-refractivity contribution in [3.63, 3.8) is 0 Å². The van der Waals surface area contributed by atoms with Crippen molar-refractivity contribution < 1.29 is 23.8 Å². The summed E-state index contributed by atoms with van der Waals surface area (Å²) in [4.78, 5) is 30.5. The molecule has 0 radical (unpaired) electrons. The van der Waals surface area contributed by atoms with E-state index in [0.29, 0.717) is 33.6 Å². The first-order valence-electron chi connectivity index (χ1n) is 10.5. The lowest BCUT2D eigenvalue weighted by Crippen LogP contribution is -2.28. The fourth-order valence-electron chi connectivity index (χ4n) is 3.25. The molecule has 0 aromatic heterocycles. The van der Waals surface area contributed by atoms with E-state index < -0.39 is 5.97 Å². The summed E-state index contributed by atoms with van der Waals surface area (Å²) in [5, 5.41) is 9.57. The Morgan fingerprint density at radius 3 is 2.44 bits per heavy atom. The number of carboxylic acids is 1. The number of amidine groups is 1. The van der Waals surface area contributed by atoms with Gasteiger partial charge in [-0.15, -0.1) is 0 Å². The largest absolute Gasteiger partial charge is 0.489 e. The van der Waals surface area contributed by atoms with E-state index in [9.17, 15) is 14.0 Å². The van der Waals surface area contributed by atoms with E-state index in [1.165, 1.54) is 30.0 Å². The van der Waals surface area contributed by atoms with Gasteiger partial charge in [0.25, 0.3) is 5.91 Å². The summed E-state index contributed by atoms with van der Waals surface area (Å²) in [7, 11) is 0. The Morgan fingerprint density at radius 1 is 1.09 bits per heavy atom. The van der Waals surface area contributed by atoms with Crippen molar-refractivity contribution in [2.24, 2.45) is 4.99 Å². The number of nitrogens with zero attached hydrogens (tertiary/aromatic N) is 2. The lowest BCUT2D eigenvalue weighted by molar-refractivity contribution is -0.122. The number of benzene rings is 3. The van der Waals surface area contributed by atoms with E-state index in [1.54, 1.807) is 53.4 Å². The molecule has 8 heteroatoms. The van der Waals surface area contributed by atoms with Crippen LogP contribution >= 0.6 is 11.8 Å².